The van der Waals surface area contributed by atoms with Crippen LogP contribution >= 0.6 is 0 Å². The molecule has 0 aromatic heterocycles. The van der Waals surface area contributed by atoms with Crippen LogP contribution in [0.2, 0.25) is 0 Å². The molecule has 0 spiro atoms. The Morgan fingerprint density at radius 3 is 2.33 bits per heavy atom. The van der Waals surface area contributed by atoms with Gasteiger partial charge < -0.3 is 9.64 Å². The van der Waals surface area contributed by atoms with Crippen molar-refractivity contribution in [2.75, 3.05) is 19.7 Å². The molecular weight excluding hydrogens is 230 g/mol. The van der Waals surface area contributed by atoms with E-state index >= 15 is 0 Å². The average Bonchev–Trinajstić information content (AvgIpc) is 2.62. The van der Waals surface area contributed by atoms with Crippen LogP contribution < -0.4 is 0 Å². The minimum atomic E-state index is -0.526. The highest BCUT2D eigenvalue weighted by atomic mass is 16.5. The van der Waals surface area contributed by atoms with Crippen molar-refractivity contribution in [1.29, 1.82) is 0 Å². The van der Waals surface area contributed by atoms with E-state index in [1.54, 1.807) is 4.90 Å². The van der Waals surface area contributed by atoms with Crippen LogP contribution in [-0.4, -0.2) is 36.5 Å². The third kappa shape index (κ3) is 3.24. The second-order valence-corrected chi connectivity index (χ2v) is 6.50. The lowest BCUT2D eigenvalue weighted by Crippen LogP contribution is -2.40. The summed E-state index contributed by atoms with van der Waals surface area (Å²) in [4.78, 5) is 25.2. The molecule has 0 saturated carbocycles. The maximum atomic E-state index is 12.0. The molecule has 18 heavy (non-hydrogen) atoms. The van der Waals surface area contributed by atoms with Gasteiger partial charge in [-0.3, -0.25) is 9.59 Å². The maximum Gasteiger partial charge on any atom is 0.312 e. The number of hydrogen-bond acceptors (Lipinski definition) is 3. The Balaban J connectivity index is 2.40. The largest absolute Gasteiger partial charge is 0.463 e. The summed E-state index contributed by atoms with van der Waals surface area (Å²) in [6.07, 6.45) is 1.54. The van der Waals surface area contributed by atoms with Crippen molar-refractivity contribution in [2.24, 2.45) is 10.8 Å². The Bertz CT molecular complexity index is 328. The van der Waals surface area contributed by atoms with Crippen molar-refractivity contribution < 1.29 is 14.3 Å². The first-order chi connectivity index (χ1) is 8.16. The fraction of sp³-hybridized carbons (Fsp3) is 0.857. The minimum Gasteiger partial charge on any atom is -0.463 e. The molecule has 1 amide bonds. The topological polar surface area (TPSA) is 46.6 Å². The predicted octanol–water partition coefficient (Wildman–Crippen LogP) is 2.22. The van der Waals surface area contributed by atoms with Gasteiger partial charge in [0.1, 0.15) is 6.61 Å². The summed E-state index contributed by atoms with van der Waals surface area (Å²) < 4.78 is 5.31. The summed E-state index contributed by atoms with van der Waals surface area (Å²) in [5.74, 6) is -0.0252. The number of carbonyl (C=O) groups is 2. The molecule has 0 N–H and O–H groups in total. The molecule has 1 saturated heterocycles. The summed E-state index contributed by atoms with van der Waals surface area (Å²) >= 11 is 0. The second-order valence-electron chi connectivity index (χ2n) is 6.50. The normalized spacial score (nSPS) is 17.2. The standard InChI is InChI=1S/C14H25NO3/c1-13(2,3)14(4,5)12(17)18-10-9-15-8-6-7-11(15)16/h6-10H2,1-5H3. The van der Waals surface area contributed by atoms with E-state index in [-0.39, 0.29) is 17.3 Å². The van der Waals surface area contributed by atoms with E-state index in [9.17, 15) is 9.59 Å². The van der Waals surface area contributed by atoms with Crippen molar-refractivity contribution >= 4 is 11.9 Å². The van der Waals surface area contributed by atoms with Crippen LogP contribution in [0.4, 0.5) is 0 Å². The number of carbonyl (C=O) groups excluding carboxylic acids is 2. The molecule has 1 rings (SSSR count). The summed E-state index contributed by atoms with van der Waals surface area (Å²) in [5, 5.41) is 0. The van der Waals surface area contributed by atoms with Gasteiger partial charge in [0.25, 0.3) is 0 Å². The lowest BCUT2D eigenvalue weighted by atomic mass is 9.69. The van der Waals surface area contributed by atoms with Crippen LogP contribution in [0.3, 0.4) is 0 Å². The first-order valence-corrected chi connectivity index (χ1v) is 6.61. The molecule has 1 aliphatic heterocycles. The van der Waals surface area contributed by atoms with E-state index in [1.165, 1.54) is 0 Å². The molecule has 0 atom stereocenters. The smallest absolute Gasteiger partial charge is 0.312 e. The third-order valence-corrected chi connectivity index (χ3v) is 4.15. The predicted molar refractivity (Wildman–Crippen MR) is 70.0 cm³/mol. The maximum absolute atomic E-state index is 12.0. The SMILES string of the molecule is CC(C)(C)C(C)(C)C(=O)OCCN1CCCC1=O. The van der Waals surface area contributed by atoms with Gasteiger partial charge in [-0.05, 0) is 25.7 Å². The van der Waals surface area contributed by atoms with Gasteiger partial charge >= 0.3 is 5.97 Å². The summed E-state index contributed by atoms with van der Waals surface area (Å²) in [5.41, 5.74) is -0.671. The molecule has 1 fully saturated rings. The van der Waals surface area contributed by atoms with E-state index in [1.807, 2.05) is 34.6 Å². The molecule has 0 aromatic carbocycles. The number of esters is 1. The van der Waals surface area contributed by atoms with Gasteiger partial charge in [-0.25, -0.2) is 0 Å². The van der Waals surface area contributed by atoms with Gasteiger partial charge in [-0.2, -0.15) is 0 Å². The lowest BCUT2D eigenvalue weighted by molar-refractivity contribution is -0.161. The number of ether oxygens (including phenoxy) is 1. The molecule has 104 valence electrons. The number of nitrogens with zero attached hydrogens (tertiary/aromatic N) is 1. The molecule has 0 aromatic rings. The van der Waals surface area contributed by atoms with Gasteiger partial charge in [-0.15, -0.1) is 0 Å². The quantitative estimate of drug-likeness (QED) is 0.724. The van der Waals surface area contributed by atoms with Gasteiger partial charge in [0.15, 0.2) is 0 Å². The van der Waals surface area contributed by atoms with Crippen molar-refractivity contribution in [2.45, 2.75) is 47.5 Å². The van der Waals surface area contributed by atoms with Crippen molar-refractivity contribution in [3.63, 3.8) is 0 Å². The van der Waals surface area contributed by atoms with Crippen LogP contribution in [0, 0.1) is 10.8 Å². The molecule has 0 aliphatic carbocycles. The molecule has 4 heteroatoms. The van der Waals surface area contributed by atoms with Crippen LogP contribution in [-0.2, 0) is 14.3 Å². The summed E-state index contributed by atoms with van der Waals surface area (Å²) in [6.45, 7) is 11.5. The van der Waals surface area contributed by atoms with Gasteiger partial charge in [0.05, 0.1) is 12.0 Å². The average molecular weight is 255 g/mol. The zero-order valence-corrected chi connectivity index (χ0v) is 12.2. The lowest BCUT2D eigenvalue weighted by Gasteiger charge is -2.36. The molecule has 1 heterocycles. The van der Waals surface area contributed by atoms with Crippen LogP contribution in [0.5, 0.6) is 0 Å². The van der Waals surface area contributed by atoms with E-state index in [2.05, 4.69) is 0 Å². The second kappa shape index (κ2) is 5.29. The highest BCUT2D eigenvalue weighted by Gasteiger charge is 2.41. The van der Waals surface area contributed by atoms with Crippen LogP contribution in [0.1, 0.15) is 47.5 Å². The number of amides is 1. The Morgan fingerprint density at radius 1 is 1.28 bits per heavy atom. The summed E-state index contributed by atoms with van der Waals surface area (Å²) in [6, 6.07) is 0. The van der Waals surface area contributed by atoms with E-state index in [0.29, 0.717) is 19.6 Å². The zero-order chi connectivity index (χ0) is 14.0. The molecule has 0 bridgehead atoms. The van der Waals surface area contributed by atoms with E-state index in [0.717, 1.165) is 13.0 Å². The number of hydrogen-bond donors (Lipinski definition) is 0. The fourth-order valence-corrected chi connectivity index (χ4v) is 1.68. The van der Waals surface area contributed by atoms with Crippen LogP contribution in [0.15, 0.2) is 0 Å². The van der Waals surface area contributed by atoms with Gasteiger partial charge in [0, 0.05) is 13.0 Å². The number of rotatable bonds is 4. The number of likely N-dealkylation sites (tertiary alicyclic amines) is 1. The fourth-order valence-electron chi connectivity index (χ4n) is 1.68. The zero-order valence-electron chi connectivity index (χ0n) is 12.2. The van der Waals surface area contributed by atoms with Gasteiger partial charge in [0.2, 0.25) is 5.91 Å². The highest BCUT2D eigenvalue weighted by Crippen LogP contribution is 2.38. The molecule has 0 unspecified atom stereocenters. The molecule has 4 nitrogen and oxygen atoms in total. The Kier molecular flexibility index (Phi) is 4.41. The Labute approximate surface area is 110 Å². The van der Waals surface area contributed by atoms with Crippen molar-refractivity contribution in [3.05, 3.63) is 0 Å². The van der Waals surface area contributed by atoms with Crippen LogP contribution in [0.25, 0.3) is 0 Å². The van der Waals surface area contributed by atoms with Gasteiger partial charge in [-0.1, -0.05) is 20.8 Å². The first kappa shape index (κ1) is 15.0. The third-order valence-electron chi connectivity index (χ3n) is 4.15. The summed E-state index contributed by atoms with van der Waals surface area (Å²) in [7, 11) is 0. The Morgan fingerprint density at radius 2 is 1.89 bits per heavy atom. The van der Waals surface area contributed by atoms with E-state index in [4.69, 9.17) is 4.74 Å². The van der Waals surface area contributed by atoms with E-state index < -0.39 is 5.41 Å². The van der Waals surface area contributed by atoms with Crippen molar-refractivity contribution in [1.82, 2.24) is 4.90 Å². The first-order valence-electron chi connectivity index (χ1n) is 6.61. The van der Waals surface area contributed by atoms with Crippen molar-refractivity contribution in [3.8, 4) is 0 Å². The molecule has 0 radical (unpaired) electrons. The highest BCUT2D eigenvalue weighted by molar-refractivity contribution is 5.78. The monoisotopic (exact) mass is 255 g/mol. The molecule has 1 aliphatic rings. The Hall–Kier alpha value is -1.06. The molecular formula is C14H25NO3. The minimum absolute atomic E-state index is 0.145.